The van der Waals surface area contributed by atoms with Crippen LogP contribution in [0.5, 0.6) is 0 Å². The third kappa shape index (κ3) is 6.81. The third-order valence-electron chi connectivity index (χ3n) is 6.11. The van der Waals surface area contributed by atoms with E-state index in [2.05, 4.69) is 20.3 Å². The number of sulfonamides is 1. The van der Waals surface area contributed by atoms with Gasteiger partial charge in [0, 0.05) is 33.7 Å². The lowest BCUT2D eigenvalue weighted by molar-refractivity contribution is -0.140. The van der Waals surface area contributed by atoms with Gasteiger partial charge in [-0.25, -0.2) is 17.8 Å². The normalized spacial score (nSPS) is 19.5. The van der Waals surface area contributed by atoms with Crippen LogP contribution < -0.4 is 15.4 Å². The van der Waals surface area contributed by atoms with Crippen molar-refractivity contribution in [3.8, 4) is 0 Å². The van der Waals surface area contributed by atoms with Gasteiger partial charge in [0.2, 0.25) is 10.0 Å². The van der Waals surface area contributed by atoms with Crippen molar-refractivity contribution in [1.82, 2.24) is 10.3 Å². The minimum absolute atomic E-state index is 0.131. The van der Waals surface area contributed by atoms with Crippen molar-refractivity contribution >= 4 is 43.9 Å². The molecule has 0 aliphatic heterocycles. The second kappa shape index (κ2) is 10.6. The molecule has 0 radical (unpaired) electrons. The number of aromatic nitrogens is 1. The molecule has 1 fully saturated rings. The fraction of sp³-hybridized carbons (Fsp3) is 0.375. The summed E-state index contributed by atoms with van der Waals surface area (Å²) in [6.07, 6.45) is -2.71. The molecule has 1 aromatic heterocycles. The number of halogens is 5. The largest absolute Gasteiger partial charge is 0.433 e. The number of fused-ring (bicyclic) bond motifs is 1. The minimum atomic E-state index is -4.63. The Bertz CT molecular complexity index is 1400. The van der Waals surface area contributed by atoms with Gasteiger partial charge < -0.3 is 10.4 Å². The molecule has 1 aliphatic rings. The Morgan fingerprint density at radius 3 is 2.54 bits per heavy atom. The van der Waals surface area contributed by atoms with Crippen molar-refractivity contribution in [3.05, 3.63) is 64.6 Å². The second-order valence-corrected chi connectivity index (χ2v) is 11.3. The van der Waals surface area contributed by atoms with Gasteiger partial charge in [0.1, 0.15) is 11.9 Å². The van der Waals surface area contributed by atoms with E-state index in [1.165, 1.54) is 30.3 Å². The quantitative estimate of drug-likeness (QED) is 0.227. The van der Waals surface area contributed by atoms with Crippen LogP contribution in [-0.2, 0) is 16.2 Å². The molecule has 13 heteroatoms. The highest BCUT2D eigenvalue weighted by atomic mass is 35.5. The fourth-order valence-electron chi connectivity index (χ4n) is 4.51. The number of hydrogen-bond acceptors (Lipinski definition) is 6. The van der Waals surface area contributed by atoms with Crippen LogP contribution in [0.1, 0.15) is 43.2 Å². The molecule has 0 amide bonds. The number of benzene rings is 2. The Morgan fingerprint density at radius 2 is 1.84 bits per heavy atom. The molecule has 2 aromatic carbocycles. The van der Waals surface area contributed by atoms with Gasteiger partial charge in [-0.15, -0.1) is 0 Å². The smallest absolute Gasteiger partial charge is 0.382 e. The lowest BCUT2D eigenvalue weighted by atomic mass is 9.90. The standard InChI is InChI=1S/C24H25ClF4N4O3S/c1-37(35,36)33-19-7-3-6-16(22(19)26)23(34)31-15-5-2-4-14(11-15)30-20-12-21(24(27,28)29)32-18-9-8-13(25)10-17(18)20/h3,6-10,12,14-15,23,31,33-34H,2,4-5,11H2,1H3,(H,30,32)/t14-,15+,23?/m0/s1. The van der Waals surface area contributed by atoms with Gasteiger partial charge in [0.15, 0.2) is 5.82 Å². The van der Waals surface area contributed by atoms with E-state index in [9.17, 15) is 31.1 Å². The third-order valence-corrected chi connectivity index (χ3v) is 6.93. The molecule has 37 heavy (non-hydrogen) atoms. The van der Waals surface area contributed by atoms with Crippen LogP contribution >= 0.6 is 11.6 Å². The first-order chi connectivity index (χ1) is 17.3. The van der Waals surface area contributed by atoms with E-state index in [0.717, 1.165) is 12.3 Å². The summed E-state index contributed by atoms with van der Waals surface area (Å²) in [6, 6.07) is 8.88. The van der Waals surface area contributed by atoms with Crippen molar-refractivity contribution in [2.24, 2.45) is 0 Å². The highest BCUT2D eigenvalue weighted by Crippen LogP contribution is 2.35. The first kappa shape index (κ1) is 27.4. The zero-order valence-electron chi connectivity index (χ0n) is 19.6. The van der Waals surface area contributed by atoms with Gasteiger partial charge in [-0.3, -0.25) is 10.0 Å². The van der Waals surface area contributed by atoms with Gasteiger partial charge in [-0.1, -0.05) is 23.7 Å². The fourth-order valence-corrected chi connectivity index (χ4v) is 5.24. The van der Waals surface area contributed by atoms with Crippen molar-refractivity contribution < 1.29 is 31.1 Å². The highest BCUT2D eigenvalue weighted by Gasteiger charge is 2.34. The second-order valence-electron chi connectivity index (χ2n) is 9.07. The number of aliphatic hydroxyl groups excluding tert-OH is 1. The molecule has 200 valence electrons. The predicted octanol–water partition coefficient (Wildman–Crippen LogP) is 5.42. The maximum atomic E-state index is 14.8. The maximum absolute atomic E-state index is 14.8. The summed E-state index contributed by atoms with van der Waals surface area (Å²) in [6.45, 7) is 0. The van der Waals surface area contributed by atoms with Gasteiger partial charge in [-0.05, 0) is 56.0 Å². The Hall–Kier alpha value is -2.67. The minimum Gasteiger partial charge on any atom is -0.382 e. The molecule has 0 bridgehead atoms. The molecule has 7 nitrogen and oxygen atoms in total. The molecule has 1 saturated carbocycles. The summed E-state index contributed by atoms with van der Waals surface area (Å²) in [4.78, 5) is 3.72. The Morgan fingerprint density at radius 1 is 1.11 bits per heavy atom. The molecule has 0 saturated heterocycles. The molecule has 4 N–H and O–H groups in total. The van der Waals surface area contributed by atoms with Crippen molar-refractivity contribution in [2.75, 3.05) is 16.3 Å². The molecule has 3 atom stereocenters. The number of nitrogens with one attached hydrogen (secondary N) is 3. The number of aliphatic hydroxyl groups is 1. The average molecular weight is 561 g/mol. The zero-order chi connectivity index (χ0) is 27.0. The van der Waals surface area contributed by atoms with Crippen LogP contribution in [0.15, 0.2) is 42.5 Å². The van der Waals surface area contributed by atoms with Gasteiger partial charge in [0.25, 0.3) is 0 Å². The molecule has 1 unspecified atom stereocenters. The Balaban J connectivity index is 1.51. The summed E-state index contributed by atoms with van der Waals surface area (Å²) in [5.41, 5.74) is -1.04. The van der Waals surface area contributed by atoms with Crippen molar-refractivity contribution in [2.45, 2.75) is 50.2 Å². The van der Waals surface area contributed by atoms with E-state index in [1.807, 2.05) is 0 Å². The van der Waals surface area contributed by atoms with Crippen molar-refractivity contribution in [1.29, 1.82) is 0 Å². The topological polar surface area (TPSA) is 103 Å². The Labute approximate surface area is 216 Å². The molecule has 0 spiro atoms. The number of pyridine rings is 1. The first-order valence-corrected chi connectivity index (χ1v) is 13.7. The van der Waals surface area contributed by atoms with Crippen LogP contribution in [0.25, 0.3) is 10.9 Å². The summed E-state index contributed by atoms with van der Waals surface area (Å²) < 4.78 is 80.2. The predicted molar refractivity (Wildman–Crippen MR) is 134 cm³/mol. The summed E-state index contributed by atoms with van der Waals surface area (Å²) in [7, 11) is -3.72. The van der Waals surface area contributed by atoms with Crippen LogP contribution in [-0.4, -0.2) is 36.8 Å². The molecule has 3 aromatic rings. The van der Waals surface area contributed by atoms with E-state index in [1.54, 1.807) is 6.07 Å². The van der Waals surface area contributed by atoms with E-state index < -0.39 is 33.9 Å². The van der Waals surface area contributed by atoms with Crippen LogP contribution in [0, 0.1) is 5.82 Å². The lowest BCUT2D eigenvalue weighted by Gasteiger charge is -2.33. The van der Waals surface area contributed by atoms with E-state index >= 15 is 0 Å². The Kier molecular flexibility index (Phi) is 7.84. The monoisotopic (exact) mass is 560 g/mol. The number of hydrogen-bond donors (Lipinski definition) is 4. The van der Waals surface area contributed by atoms with E-state index in [-0.39, 0.29) is 34.5 Å². The van der Waals surface area contributed by atoms with Crippen LogP contribution in [0.4, 0.5) is 28.9 Å². The number of anilines is 2. The molecular weight excluding hydrogens is 536 g/mol. The van der Waals surface area contributed by atoms with Gasteiger partial charge >= 0.3 is 6.18 Å². The average Bonchev–Trinajstić information content (AvgIpc) is 2.79. The molecule has 4 rings (SSSR count). The van der Waals surface area contributed by atoms with E-state index in [0.29, 0.717) is 36.1 Å². The first-order valence-electron chi connectivity index (χ1n) is 11.4. The lowest BCUT2D eigenvalue weighted by Crippen LogP contribution is -2.41. The summed E-state index contributed by atoms with van der Waals surface area (Å²) in [5, 5.41) is 17.6. The van der Waals surface area contributed by atoms with Gasteiger partial charge in [-0.2, -0.15) is 13.2 Å². The van der Waals surface area contributed by atoms with Crippen molar-refractivity contribution in [3.63, 3.8) is 0 Å². The molecular formula is C24H25ClF4N4O3S. The maximum Gasteiger partial charge on any atom is 0.433 e. The van der Waals surface area contributed by atoms with Gasteiger partial charge in [0.05, 0.1) is 17.5 Å². The molecule has 1 aliphatic carbocycles. The number of rotatable bonds is 7. The zero-order valence-corrected chi connectivity index (χ0v) is 21.2. The summed E-state index contributed by atoms with van der Waals surface area (Å²) >= 11 is 6.08. The SMILES string of the molecule is CS(=O)(=O)Nc1cccc(C(O)N[C@@H]2CCC[C@H](Nc3cc(C(F)(F)F)nc4ccc(Cl)cc34)C2)c1F. The number of nitrogens with zero attached hydrogens (tertiary/aromatic N) is 1. The van der Waals surface area contributed by atoms with E-state index in [4.69, 9.17) is 11.6 Å². The summed E-state index contributed by atoms with van der Waals surface area (Å²) in [5.74, 6) is -0.904. The number of alkyl halides is 3. The highest BCUT2D eigenvalue weighted by molar-refractivity contribution is 7.92. The van der Waals surface area contributed by atoms with Crippen LogP contribution in [0.3, 0.4) is 0 Å². The van der Waals surface area contributed by atoms with Crippen LogP contribution in [0.2, 0.25) is 5.02 Å². The molecule has 1 heterocycles.